The van der Waals surface area contributed by atoms with Crippen LogP contribution >= 0.6 is 0 Å². The Morgan fingerprint density at radius 2 is 2.11 bits per heavy atom. The van der Waals surface area contributed by atoms with Gasteiger partial charge in [0.25, 0.3) is 5.56 Å². The Bertz CT molecular complexity index is 1140. The number of aromatic amines is 1. The highest BCUT2D eigenvalue weighted by atomic mass is 16.3. The molecule has 1 atom stereocenters. The second-order valence-corrected chi connectivity index (χ2v) is 6.00. The largest absolute Gasteiger partial charge is 0.508 e. The van der Waals surface area contributed by atoms with E-state index in [9.17, 15) is 24.9 Å². The molecule has 0 bridgehead atoms. The van der Waals surface area contributed by atoms with Crippen LogP contribution in [0.15, 0.2) is 32.9 Å². The van der Waals surface area contributed by atoms with Gasteiger partial charge in [-0.15, -0.1) is 0 Å². The first-order valence-corrected chi connectivity index (χ1v) is 7.96. The zero-order valence-electron chi connectivity index (χ0n) is 14.5. The first-order valence-electron chi connectivity index (χ1n) is 7.96. The Balaban J connectivity index is 2.04. The molecular weight excluding hydrogens is 356 g/mol. The molecule has 11 nitrogen and oxygen atoms in total. The molecule has 5 N–H and O–H groups in total. The maximum Gasteiger partial charge on any atom is 0.329 e. The van der Waals surface area contributed by atoms with E-state index in [-0.39, 0.29) is 35.2 Å². The molecule has 0 spiro atoms. The van der Waals surface area contributed by atoms with Crippen molar-refractivity contribution in [2.75, 3.05) is 5.43 Å². The van der Waals surface area contributed by atoms with Crippen LogP contribution in [0.2, 0.25) is 0 Å². The van der Waals surface area contributed by atoms with Crippen molar-refractivity contribution in [2.45, 2.75) is 19.6 Å². The highest BCUT2D eigenvalue weighted by Gasteiger charge is 2.18. The van der Waals surface area contributed by atoms with Crippen molar-refractivity contribution in [1.82, 2.24) is 19.1 Å². The molecule has 0 saturated heterocycles. The second-order valence-electron chi connectivity index (χ2n) is 6.00. The molecule has 1 aromatic carbocycles. The van der Waals surface area contributed by atoms with Gasteiger partial charge in [0.05, 0.1) is 18.9 Å². The fourth-order valence-electron chi connectivity index (χ4n) is 2.56. The molecule has 2 heterocycles. The first kappa shape index (κ1) is 18.2. The summed E-state index contributed by atoms with van der Waals surface area (Å²) in [7, 11) is 1.46. The highest BCUT2D eigenvalue weighted by molar-refractivity contribution is 5.84. The van der Waals surface area contributed by atoms with E-state index in [2.05, 4.69) is 20.5 Å². The van der Waals surface area contributed by atoms with Gasteiger partial charge in [0, 0.05) is 18.7 Å². The van der Waals surface area contributed by atoms with Gasteiger partial charge in [-0.2, -0.15) is 10.1 Å². The van der Waals surface area contributed by atoms with Crippen molar-refractivity contribution < 1.29 is 15.3 Å². The van der Waals surface area contributed by atoms with Crippen molar-refractivity contribution in [3.05, 3.63) is 44.6 Å². The lowest BCUT2D eigenvalue weighted by Crippen LogP contribution is -2.29. The average molecular weight is 374 g/mol. The SMILES string of the molecule is CC(O)Cn1c(N/N=C/c2ccc(O)cc2O)nc2c1c(=O)[nH]c(=O)n2C. The molecule has 3 rings (SSSR count). The number of fused-ring (bicyclic) bond motifs is 1. The van der Waals surface area contributed by atoms with Gasteiger partial charge in [-0.05, 0) is 19.1 Å². The molecule has 0 radical (unpaired) electrons. The number of imidazole rings is 1. The van der Waals surface area contributed by atoms with Gasteiger partial charge < -0.3 is 19.9 Å². The van der Waals surface area contributed by atoms with Gasteiger partial charge in [0.15, 0.2) is 11.2 Å². The molecule has 11 heteroatoms. The maximum atomic E-state index is 12.2. The van der Waals surface area contributed by atoms with Gasteiger partial charge in [0.1, 0.15) is 11.5 Å². The van der Waals surface area contributed by atoms with E-state index in [1.165, 1.54) is 40.6 Å². The number of nitrogens with zero attached hydrogens (tertiary/aromatic N) is 4. The van der Waals surface area contributed by atoms with Crippen LogP contribution in [0, 0.1) is 0 Å². The quantitative estimate of drug-likeness (QED) is 0.302. The fourth-order valence-corrected chi connectivity index (χ4v) is 2.56. The second kappa shape index (κ2) is 6.96. The number of hydrogen-bond donors (Lipinski definition) is 5. The number of aliphatic hydroxyl groups is 1. The first-order chi connectivity index (χ1) is 12.8. The summed E-state index contributed by atoms with van der Waals surface area (Å²) in [6, 6.07) is 4.02. The van der Waals surface area contributed by atoms with E-state index in [1.54, 1.807) is 6.92 Å². The van der Waals surface area contributed by atoms with E-state index in [0.29, 0.717) is 5.56 Å². The van der Waals surface area contributed by atoms with Crippen LogP contribution in [-0.2, 0) is 13.6 Å². The summed E-state index contributed by atoms with van der Waals surface area (Å²) in [6.07, 6.45) is 0.508. The number of H-pyrrole nitrogens is 1. The van der Waals surface area contributed by atoms with Crippen LogP contribution in [0.25, 0.3) is 11.2 Å². The van der Waals surface area contributed by atoms with E-state index in [0.717, 1.165) is 0 Å². The minimum absolute atomic E-state index is 0.0418. The third-order valence-corrected chi connectivity index (χ3v) is 3.84. The molecular formula is C16H18N6O5. The smallest absolute Gasteiger partial charge is 0.329 e. The van der Waals surface area contributed by atoms with Gasteiger partial charge in [-0.25, -0.2) is 10.2 Å². The van der Waals surface area contributed by atoms with Crippen molar-refractivity contribution in [3.8, 4) is 11.5 Å². The molecule has 0 aliphatic carbocycles. The summed E-state index contributed by atoms with van der Waals surface area (Å²) in [6.45, 7) is 1.59. The number of hydrogen-bond acceptors (Lipinski definition) is 8. The third kappa shape index (κ3) is 3.53. The molecule has 2 aromatic heterocycles. The fraction of sp³-hybridized carbons (Fsp3) is 0.250. The van der Waals surface area contributed by atoms with Crippen molar-refractivity contribution in [3.63, 3.8) is 0 Å². The van der Waals surface area contributed by atoms with Gasteiger partial charge in [-0.3, -0.25) is 14.3 Å². The lowest BCUT2D eigenvalue weighted by Gasteiger charge is -2.09. The molecule has 3 aromatic rings. The lowest BCUT2D eigenvalue weighted by atomic mass is 10.2. The minimum Gasteiger partial charge on any atom is -0.508 e. The topological polar surface area (TPSA) is 158 Å². The molecule has 0 aliphatic heterocycles. The maximum absolute atomic E-state index is 12.2. The number of nitrogens with one attached hydrogen (secondary N) is 2. The number of aromatic nitrogens is 4. The summed E-state index contributed by atoms with van der Waals surface area (Å²) < 4.78 is 2.59. The van der Waals surface area contributed by atoms with Crippen molar-refractivity contribution in [2.24, 2.45) is 12.1 Å². The monoisotopic (exact) mass is 374 g/mol. The molecule has 0 fully saturated rings. The Labute approximate surface area is 151 Å². The number of aliphatic hydroxyl groups excluding tert-OH is 1. The van der Waals surface area contributed by atoms with E-state index < -0.39 is 17.4 Å². The lowest BCUT2D eigenvalue weighted by molar-refractivity contribution is 0.175. The van der Waals surface area contributed by atoms with Crippen LogP contribution in [0.4, 0.5) is 5.95 Å². The van der Waals surface area contributed by atoms with E-state index in [4.69, 9.17) is 0 Å². The number of phenols is 2. The number of anilines is 1. The van der Waals surface area contributed by atoms with Crippen molar-refractivity contribution >= 4 is 23.3 Å². The Morgan fingerprint density at radius 3 is 2.78 bits per heavy atom. The molecule has 0 amide bonds. The van der Waals surface area contributed by atoms with Gasteiger partial charge in [0.2, 0.25) is 5.95 Å². The van der Waals surface area contributed by atoms with Gasteiger partial charge in [-0.1, -0.05) is 0 Å². The summed E-state index contributed by atoms with van der Waals surface area (Å²) in [5, 5.41) is 32.8. The van der Waals surface area contributed by atoms with Crippen molar-refractivity contribution in [1.29, 1.82) is 0 Å². The van der Waals surface area contributed by atoms with Crippen LogP contribution in [0.5, 0.6) is 11.5 Å². The molecule has 1 unspecified atom stereocenters. The van der Waals surface area contributed by atoms with E-state index in [1.807, 2.05) is 0 Å². The molecule has 27 heavy (non-hydrogen) atoms. The molecule has 0 aliphatic rings. The average Bonchev–Trinajstić information content (AvgIpc) is 2.93. The molecule has 142 valence electrons. The third-order valence-electron chi connectivity index (χ3n) is 3.84. The Morgan fingerprint density at radius 1 is 1.37 bits per heavy atom. The van der Waals surface area contributed by atoms with Crippen LogP contribution in [0.3, 0.4) is 0 Å². The number of benzene rings is 1. The number of phenolic OH excluding ortho intramolecular Hbond substituents is 2. The summed E-state index contributed by atoms with van der Waals surface area (Å²) >= 11 is 0. The summed E-state index contributed by atoms with van der Waals surface area (Å²) in [5.74, 6) is -0.125. The zero-order chi connectivity index (χ0) is 19.7. The number of aryl methyl sites for hydroxylation is 1. The molecule has 0 saturated carbocycles. The Kier molecular flexibility index (Phi) is 4.69. The number of aromatic hydroxyl groups is 2. The predicted octanol–water partition coefficient (Wildman–Crippen LogP) is -0.339. The summed E-state index contributed by atoms with van der Waals surface area (Å²) in [4.78, 5) is 30.4. The zero-order valence-corrected chi connectivity index (χ0v) is 14.5. The minimum atomic E-state index is -0.787. The van der Waals surface area contributed by atoms with Crippen LogP contribution in [0.1, 0.15) is 12.5 Å². The Hall–Kier alpha value is -3.60. The van der Waals surface area contributed by atoms with Crippen LogP contribution in [-0.4, -0.2) is 46.7 Å². The summed E-state index contributed by atoms with van der Waals surface area (Å²) in [5.41, 5.74) is 1.98. The highest BCUT2D eigenvalue weighted by Crippen LogP contribution is 2.21. The van der Waals surface area contributed by atoms with Crippen LogP contribution < -0.4 is 16.7 Å². The van der Waals surface area contributed by atoms with Gasteiger partial charge >= 0.3 is 5.69 Å². The normalized spacial score (nSPS) is 12.7. The number of hydrazone groups is 1. The standard InChI is InChI=1S/C16H18N6O5/c1-8(23)7-22-12-13(21(2)16(27)19-14(12)26)18-15(22)20-17-6-9-3-4-10(24)5-11(9)25/h3-6,8,23-25H,7H2,1-2H3,(H,18,20)(H,19,26,27)/b17-6+. The van der Waals surface area contributed by atoms with E-state index >= 15 is 0 Å². The predicted molar refractivity (Wildman–Crippen MR) is 98.3 cm³/mol. The number of rotatable bonds is 5.